The first-order valence-electron chi connectivity index (χ1n) is 10.5. The minimum atomic E-state index is -0.0594. The van der Waals surface area contributed by atoms with Gasteiger partial charge in [0.25, 0.3) is 5.91 Å². The van der Waals surface area contributed by atoms with E-state index in [-0.39, 0.29) is 17.9 Å². The number of rotatable bonds is 4. The molecule has 3 heterocycles. The van der Waals surface area contributed by atoms with Crippen molar-refractivity contribution in [3.63, 3.8) is 0 Å². The molecule has 2 atom stereocenters. The molecular weight excluding hydrogens is 374 g/mol. The number of aryl methyl sites for hydroxylation is 2. The first-order valence-corrected chi connectivity index (χ1v) is 10.5. The number of carbonyl (C=O) groups is 1. The number of carbonyl (C=O) groups excluding carboxylic acids is 1. The van der Waals surface area contributed by atoms with Gasteiger partial charge in [-0.25, -0.2) is 4.98 Å². The fourth-order valence-electron chi connectivity index (χ4n) is 4.67. The quantitative estimate of drug-likeness (QED) is 0.699. The van der Waals surface area contributed by atoms with Crippen molar-refractivity contribution in [3.8, 4) is 0 Å². The van der Waals surface area contributed by atoms with E-state index in [9.17, 15) is 4.79 Å². The van der Waals surface area contributed by atoms with Crippen LogP contribution in [0.25, 0.3) is 5.57 Å². The first kappa shape index (κ1) is 18.6. The maximum atomic E-state index is 12.6. The van der Waals surface area contributed by atoms with Crippen molar-refractivity contribution in [3.05, 3.63) is 82.9 Å². The highest BCUT2D eigenvalue weighted by Gasteiger charge is 2.39. The van der Waals surface area contributed by atoms with Gasteiger partial charge >= 0.3 is 0 Å². The van der Waals surface area contributed by atoms with Crippen LogP contribution in [0.4, 0.5) is 5.69 Å². The summed E-state index contributed by atoms with van der Waals surface area (Å²) >= 11 is 0. The molecule has 5 rings (SSSR count). The van der Waals surface area contributed by atoms with E-state index in [2.05, 4.69) is 64.0 Å². The lowest BCUT2D eigenvalue weighted by Crippen LogP contribution is -2.29. The normalized spacial score (nSPS) is 19.9. The molecule has 0 aliphatic carbocycles. The lowest BCUT2D eigenvalue weighted by Gasteiger charge is -2.37. The summed E-state index contributed by atoms with van der Waals surface area (Å²) in [6.45, 7) is 2.70. The molecule has 30 heavy (non-hydrogen) atoms. The number of amides is 1. The zero-order chi connectivity index (χ0) is 20.7. The van der Waals surface area contributed by atoms with Gasteiger partial charge in [0.15, 0.2) is 0 Å². The number of hydrogen-bond donors (Lipinski definition) is 2. The standard InChI is InChI=1S/C24H25N5O/c1-3-5-15-8-10-16(11-9-15)22-21(23-26-14-27-29(23)2)17-12-13-25-24(30)18-6-4-7-19(28-22)20(17)18/h4,6-12,14,21-22,28H,3,5,13H2,1-2H3,(H,25,30). The number of benzene rings is 2. The van der Waals surface area contributed by atoms with E-state index >= 15 is 0 Å². The van der Waals surface area contributed by atoms with Crippen LogP contribution < -0.4 is 10.6 Å². The third kappa shape index (κ3) is 3.00. The summed E-state index contributed by atoms with van der Waals surface area (Å²) in [5.41, 5.74) is 6.32. The maximum absolute atomic E-state index is 12.6. The van der Waals surface area contributed by atoms with Crippen LogP contribution in [0.5, 0.6) is 0 Å². The van der Waals surface area contributed by atoms with Gasteiger partial charge in [0.1, 0.15) is 12.2 Å². The summed E-state index contributed by atoms with van der Waals surface area (Å²) in [6, 6.07) is 14.7. The summed E-state index contributed by atoms with van der Waals surface area (Å²) < 4.78 is 1.83. The van der Waals surface area contributed by atoms with Gasteiger partial charge in [0, 0.05) is 30.4 Å². The molecule has 0 saturated heterocycles. The Morgan fingerprint density at radius 3 is 2.73 bits per heavy atom. The van der Waals surface area contributed by atoms with E-state index in [0.717, 1.165) is 35.5 Å². The second kappa shape index (κ2) is 7.44. The summed E-state index contributed by atoms with van der Waals surface area (Å²) in [5.74, 6) is 0.779. The van der Waals surface area contributed by atoms with Crippen molar-refractivity contribution in [2.24, 2.45) is 7.05 Å². The zero-order valence-electron chi connectivity index (χ0n) is 17.2. The van der Waals surface area contributed by atoms with E-state index in [1.165, 1.54) is 11.1 Å². The molecule has 1 amide bonds. The van der Waals surface area contributed by atoms with Crippen LogP contribution >= 0.6 is 0 Å². The van der Waals surface area contributed by atoms with Crippen molar-refractivity contribution < 1.29 is 4.79 Å². The monoisotopic (exact) mass is 399 g/mol. The third-order valence-electron chi connectivity index (χ3n) is 6.06. The average Bonchev–Trinajstić information content (AvgIpc) is 3.11. The van der Waals surface area contributed by atoms with Crippen LogP contribution in [0.15, 0.2) is 54.9 Å². The van der Waals surface area contributed by atoms with Gasteiger partial charge in [-0.05, 0) is 35.3 Å². The third-order valence-corrected chi connectivity index (χ3v) is 6.06. The number of nitrogens with zero attached hydrogens (tertiary/aromatic N) is 3. The topological polar surface area (TPSA) is 71.8 Å². The lowest BCUT2D eigenvalue weighted by atomic mass is 9.77. The molecule has 3 aromatic rings. The lowest BCUT2D eigenvalue weighted by molar-refractivity contribution is 0.0958. The Labute approximate surface area is 176 Å². The number of hydrogen-bond acceptors (Lipinski definition) is 4. The minimum absolute atomic E-state index is 0.00854. The molecule has 0 saturated carbocycles. The van der Waals surface area contributed by atoms with Crippen molar-refractivity contribution in [1.29, 1.82) is 0 Å². The van der Waals surface area contributed by atoms with E-state index in [4.69, 9.17) is 0 Å². The van der Waals surface area contributed by atoms with Crippen LogP contribution in [0.2, 0.25) is 0 Å². The Morgan fingerprint density at radius 1 is 1.17 bits per heavy atom. The Hall–Kier alpha value is -3.41. The van der Waals surface area contributed by atoms with Crippen LogP contribution in [-0.4, -0.2) is 27.2 Å². The van der Waals surface area contributed by atoms with Crippen LogP contribution in [0.3, 0.4) is 0 Å². The average molecular weight is 399 g/mol. The summed E-state index contributed by atoms with van der Waals surface area (Å²) in [5, 5.41) is 11.0. The second-order valence-corrected chi connectivity index (χ2v) is 7.93. The molecule has 152 valence electrons. The fourth-order valence-corrected chi connectivity index (χ4v) is 4.67. The Kier molecular flexibility index (Phi) is 4.62. The molecule has 2 aromatic carbocycles. The molecule has 0 fully saturated rings. The Morgan fingerprint density at radius 2 is 2.00 bits per heavy atom. The molecule has 0 spiro atoms. The zero-order valence-corrected chi connectivity index (χ0v) is 17.2. The number of aromatic nitrogens is 3. The number of anilines is 1. The SMILES string of the molecule is CCCc1ccc(C2Nc3cccc4c3C(=CCNC4=O)C2c2ncnn2C)cc1. The largest absolute Gasteiger partial charge is 0.377 e. The number of nitrogens with one attached hydrogen (secondary N) is 2. The minimum Gasteiger partial charge on any atom is -0.377 e. The van der Waals surface area contributed by atoms with Crippen molar-refractivity contribution >= 4 is 17.2 Å². The molecule has 2 aliphatic heterocycles. The highest BCUT2D eigenvalue weighted by molar-refractivity contribution is 6.04. The second-order valence-electron chi connectivity index (χ2n) is 7.93. The van der Waals surface area contributed by atoms with Crippen molar-refractivity contribution in [2.45, 2.75) is 31.7 Å². The molecule has 0 bridgehead atoms. The van der Waals surface area contributed by atoms with Gasteiger partial charge < -0.3 is 10.6 Å². The smallest absolute Gasteiger partial charge is 0.252 e. The summed E-state index contributed by atoms with van der Waals surface area (Å²) in [7, 11) is 1.92. The first-order chi connectivity index (χ1) is 14.7. The summed E-state index contributed by atoms with van der Waals surface area (Å²) in [6.07, 6.45) is 5.94. The Bertz CT molecular complexity index is 1130. The van der Waals surface area contributed by atoms with Crippen LogP contribution in [0.1, 0.15) is 58.2 Å². The van der Waals surface area contributed by atoms with E-state index in [0.29, 0.717) is 12.1 Å². The van der Waals surface area contributed by atoms with E-state index < -0.39 is 0 Å². The van der Waals surface area contributed by atoms with Gasteiger partial charge in [0.2, 0.25) is 0 Å². The predicted molar refractivity (Wildman–Crippen MR) is 117 cm³/mol. The van der Waals surface area contributed by atoms with E-state index in [1.807, 2.05) is 23.9 Å². The highest BCUT2D eigenvalue weighted by Crippen LogP contribution is 2.50. The molecule has 2 aliphatic rings. The van der Waals surface area contributed by atoms with Gasteiger partial charge in [0.05, 0.1) is 12.0 Å². The van der Waals surface area contributed by atoms with Crippen molar-refractivity contribution in [1.82, 2.24) is 20.1 Å². The van der Waals surface area contributed by atoms with Gasteiger partial charge in [-0.15, -0.1) is 0 Å². The molecular formula is C24H25N5O. The molecule has 6 nitrogen and oxygen atoms in total. The van der Waals surface area contributed by atoms with Crippen molar-refractivity contribution in [2.75, 3.05) is 11.9 Å². The van der Waals surface area contributed by atoms with E-state index in [1.54, 1.807) is 6.33 Å². The molecule has 2 N–H and O–H groups in total. The van der Waals surface area contributed by atoms with Crippen LogP contribution in [-0.2, 0) is 13.5 Å². The van der Waals surface area contributed by atoms with Crippen LogP contribution in [0, 0.1) is 0 Å². The fraction of sp³-hybridized carbons (Fsp3) is 0.292. The Balaban J connectivity index is 1.69. The molecule has 0 radical (unpaired) electrons. The van der Waals surface area contributed by atoms with Gasteiger partial charge in [-0.3, -0.25) is 9.48 Å². The highest BCUT2D eigenvalue weighted by atomic mass is 16.1. The van der Waals surface area contributed by atoms with Gasteiger partial charge in [-0.1, -0.05) is 49.8 Å². The maximum Gasteiger partial charge on any atom is 0.252 e. The molecule has 1 aromatic heterocycles. The molecule has 6 heteroatoms. The van der Waals surface area contributed by atoms with Gasteiger partial charge in [-0.2, -0.15) is 5.10 Å². The predicted octanol–water partition coefficient (Wildman–Crippen LogP) is 3.85. The molecule has 2 unspecified atom stereocenters. The summed E-state index contributed by atoms with van der Waals surface area (Å²) in [4.78, 5) is 17.3.